The van der Waals surface area contributed by atoms with E-state index in [0.29, 0.717) is 22.2 Å². The van der Waals surface area contributed by atoms with Gasteiger partial charge >= 0.3 is 0 Å². The predicted molar refractivity (Wildman–Crippen MR) is 108 cm³/mol. The van der Waals surface area contributed by atoms with Crippen molar-refractivity contribution in [2.45, 2.75) is 6.92 Å². The quantitative estimate of drug-likeness (QED) is 0.472. The van der Waals surface area contributed by atoms with Crippen LogP contribution < -0.4 is 15.4 Å². The maximum Gasteiger partial charge on any atom is 0.251 e. The zero-order chi connectivity index (χ0) is 20.4. The summed E-state index contributed by atoms with van der Waals surface area (Å²) in [6.07, 6.45) is 1.50. The lowest BCUT2D eigenvalue weighted by molar-refractivity contribution is 0.0963. The van der Waals surface area contributed by atoms with Gasteiger partial charge in [0.1, 0.15) is 0 Å². The first-order valence-electron chi connectivity index (χ1n) is 8.91. The number of fused-ring (bicyclic) bond motifs is 1. The van der Waals surface area contributed by atoms with Crippen LogP contribution in [0.3, 0.4) is 0 Å². The molecule has 146 valence electrons. The second-order valence-electron chi connectivity index (χ2n) is 6.40. The van der Waals surface area contributed by atoms with Crippen molar-refractivity contribution in [3.05, 3.63) is 71.8 Å². The molecule has 0 fully saturated rings. The molecule has 29 heavy (non-hydrogen) atoms. The maximum atomic E-state index is 14.7. The summed E-state index contributed by atoms with van der Waals surface area (Å²) in [5.74, 6) is -0.135. The number of halogens is 1. The molecular weight excluding hydrogens is 373 g/mol. The summed E-state index contributed by atoms with van der Waals surface area (Å²) in [4.78, 5) is 23.3. The van der Waals surface area contributed by atoms with E-state index in [9.17, 15) is 9.18 Å². The number of aromatic nitrogens is 3. The van der Waals surface area contributed by atoms with Crippen molar-refractivity contribution in [1.29, 1.82) is 0 Å². The number of nitrogens with one attached hydrogen (secondary N) is 3. The van der Waals surface area contributed by atoms with Crippen molar-refractivity contribution in [1.82, 2.24) is 20.3 Å². The van der Waals surface area contributed by atoms with E-state index in [1.165, 1.54) is 12.3 Å². The van der Waals surface area contributed by atoms with E-state index < -0.39 is 5.82 Å². The summed E-state index contributed by atoms with van der Waals surface area (Å²) in [5.41, 5.74) is 2.71. The smallest absolute Gasteiger partial charge is 0.251 e. The zero-order valence-electron chi connectivity index (χ0n) is 15.8. The standard InChI is InChI=1S/C21H18FN5O2/c1-12-10-15-16(25-12)6-7-17(19(15)22)29-18-8-9-24-21(27-18)26-14-5-3-4-13(11-14)20(28)23-2/h3-11,25H,1-2H3,(H,23,28)(H,24,26,27). The Balaban J connectivity index is 1.57. The van der Waals surface area contributed by atoms with Crippen LogP contribution in [0.1, 0.15) is 16.1 Å². The first-order valence-corrected chi connectivity index (χ1v) is 8.91. The van der Waals surface area contributed by atoms with Crippen LogP contribution in [0, 0.1) is 12.7 Å². The Morgan fingerprint density at radius 1 is 1.17 bits per heavy atom. The fourth-order valence-electron chi connectivity index (χ4n) is 2.95. The molecule has 2 aromatic heterocycles. The minimum atomic E-state index is -0.460. The third kappa shape index (κ3) is 3.86. The van der Waals surface area contributed by atoms with Gasteiger partial charge in [0.15, 0.2) is 11.6 Å². The second kappa shape index (κ2) is 7.59. The van der Waals surface area contributed by atoms with E-state index in [-0.39, 0.29) is 23.5 Å². The number of aryl methyl sites for hydroxylation is 1. The molecule has 8 heteroatoms. The van der Waals surface area contributed by atoms with Gasteiger partial charge in [0.05, 0.1) is 0 Å². The van der Waals surface area contributed by atoms with Gasteiger partial charge in [0, 0.05) is 47.2 Å². The third-order valence-corrected chi connectivity index (χ3v) is 4.29. The largest absolute Gasteiger partial charge is 0.436 e. The Morgan fingerprint density at radius 3 is 2.86 bits per heavy atom. The maximum absolute atomic E-state index is 14.7. The highest BCUT2D eigenvalue weighted by Gasteiger charge is 2.12. The number of carbonyl (C=O) groups excluding carboxylic acids is 1. The normalized spacial score (nSPS) is 10.7. The SMILES string of the molecule is CNC(=O)c1cccc(Nc2nccc(Oc3ccc4[nH]c(C)cc4c3F)n2)c1. The third-order valence-electron chi connectivity index (χ3n) is 4.29. The molecule has 0 radical (unpaired) electrons. The average Bonchev–Trinajstić information content (AvgIpc) is 3.11. The highest BCUT2D eigenvalue weighted by atomic mass is 19.1. The van der Waals surface area contributed by atoms with Gasteiger partial charge in [-0.25, -0.2) is 9.37 Å². The average molecular weight is 391 g/mol. The highest BCUT2D eigenvalue weighted by Crippen LogP contribution is 2.30. The van der Waals surface area contributed by atoms with Crippen molar-refractivity contribution in [2.24, 2.45) is 0 Å². The Bertz CT molecular complexity index is 1200. The van der Waals surface area contributed by atoms with Crippen molar-refractivity contribution in [3.63, 3.8) is 0 Å². The number of hydrogen-bond acceptors (Lipinski definition) is 5. The molecule has 4 rings (SSSR count). The molecule has 4 aromatic rings. The number of hydrogen-bond donors (Lipinski definition) is 3. The van der Waals surface area contributed by atoms with E-state index in [1.54, 1.807) is 49.5 Å². The number of rotatable bonds is 5. The number of aromatic amines is 1. The summed E-state index contributed by atoms with van der Waals surface area (Å²) in [5, 5.41) is 6.05. The fourth-order valence-corrected chi connectivity index (χ4v) is 2.95. The molecule has 2 aromatic carbocycles. The minimum absolute atomic E-state index is 0.0720. The molecule has 7 nitrogen and oxygen atoms in total. The van der Waals surface area contributed by atoms with Crippen LogP contribution in [-0.2, 0) is 0 Å². The molecule has 0 saturated heterocycles. The lowest BCUT2D eigenvalue weighted by Crippen LogP contribution is -2.17. The fraction of sp³-hybridized carbons (Fsp3) is 0.0952. The van der Waals surface area contributed by atoms with Gasteiger partial charge in [-0.05, 0) is 43.3 Å². The molecule has 3 N–H and O–H groups in total. The summed E-state index contributed by atoms with van der Waals surface area (Å²) in [7, 11) is 1.57. The first kappa shape index (κ1) is 18.4. The van der Waals surface area contributed by atoms with Crippen LogP contribution in [-0.4, -0.2) is 27.9 Å². The van der Waals surface area contributed by atoms with E-state index in [2.05, 4.69) is 25.6 Å². The summed E-state index contributed by atoms with van der Waals surface area (Å²) >= 11 is 0. The molecule has 0 aliphatic carbocycles. The molecule has 0 spiro atoms. The van der Waals surface area contributed by atoms with Gasteiger partial charge in [0.25, 0.3) is 5.91 Å². The van der Waals surface area contributed by atoms with E-state index in [0.717, 1.165) is 5.69 Å². The van der Waals surface area contributed by atoms with Gasteiger partial charge in [0.2, 0.25) is 11.8 Å². The molecule has 0 unspecified atom stereocenters. The van der Waals surface area contributed by atoms with Gasteiger partial charge in [-0.15, -0.1) is 0 Å². The van der Waals surface area contributed by atoms with E-state index in [1.807, 2.05) is 6.92 Å². The van der Waals surface area contributed by atoms with Gasteiger partial charge in [-0.1, -0.05) is 6.07 Å². The van der Waals surface area contributed by atoms with Crippen LogP contribution in [0.2, 0.25) is 0 Å². The molecule has 0 saturated carbocycles. The van der Waals surface area contributed by atoms with Gasteiger partial charge in [-0.2, -0.15) is 4.98 Å². The predicted octanol–water partition coefficient (Wildman–Crippen LogP) is 4.30. The molecule has 0 atom stereocenters. The number of H-pyrrole nitrogens is 1. The Morgan fingerprint density at radius 2 is 2.03 bits per heavy atom. The molecule has 0 aliphatic rings. The number of amides is 1. The van der Waals surface area contributed by atoms with Crippen LogP contribution in [0.15, 0.2) is 54.7 Å². The van der Waals surface area contributed by atoms with Gasteiger partial charge < -0.3 is 20.4 Å². The summed E-state index contributed by atoms with van der Waals surface area (Å²) in [6.45, 7) is 1.86. The van der Waals surface area contributed by atoms with Crippen LogP contribution in [0.4, 0.5) is 16.0 Å². The minimum Gasteiger partial charge on any atom is -0.436 e. The number of benzene rings is 2. The van der Waals surface area contributed by atoms with Crippen molar-refractivity contribution >= 4 is 28.4 Å². The Kier molecular flexibility index (Phi) is 4.82. The number of anilines is 2. The lowest BCUT2D eigenvalue weighted by atomic mass is 10.2. The topological polar surface area (TPSA) is 91.9 Å². The molecule has 0 aliphatic heterocycles. The lowest BCUT2D eigenvalue weighted by Gasteiger charge is -2.09. The van der Waals surface area contributed by atoms with Crippen LogP contribution in [0.25, 0.3) is 10.9 Å². The zero-order valence-corrected chi connectivity index (χ0v) is 15.8. The first-order chi connectivity index (χ1) is 14.0. The Hall–Kier alpha value is -3.94. The molecule has 0 bridgehead atoms. The van der Waals surface area contributed by atoms with Crippen LogP contribution in [0.5, 0.6) is 11.6 Å². The number of ether oxygens (including phenoxy) is 1. The molecule has 2 heterocycles. The van der Waals surface area contributed by atoms with Crippen molar-refractivity contribution in [2.75, 3.05) is 12.4 Å². The number of carbonyl (C=O) groups is 1. The Labute approximate surface area is 166 Å². The monoisotopic (exact) mass is 391 g/mol. The van der Waals surface area contributed by atoms with E-state index >= 15 is 0 Å². The second-order valence-corrected chi connectivity index (χ2v) is 6.40. The van der Waals surface area contributed by atoms with Crippen molar-refractivity contribution in [3.8, 4) is 11.6 Å². The van der Waals surface area contributed by atoms with Crippen molar-refractivity contribution < 1.29 is 13.9 Å². The van der Waals surface area contributed by atoms with Gasteiger partial charge in [-0.3, -0.25) is 4.79 Å². The van der Waals surface area contributed by atoms with E-state index in [4.69, 9.17) is 4.74 Å². The highest BCUT2D eigenvalue weighted by molar-refractivity contribution is 5.95. The number of nitrogens with zero attached hydrogens (tertiary/aromatic N) is 2. The molecule has 1 amide bonds. The molecular formula is C21H18FN5O2. The van der Waals surface area contributed by atoms with Crippen LogP contribution >= 0.6 is 0 Å². The summed E-state index contributed by atoms with van der Waals surface area (Å²) in [6, 6.07) is 13.5. The summed E-state index contributed by atoms with van der Waals surface area (Å²) < 4.78 is 20.4.